The quantitative estimate of drug-likeness (QED) is 0.899. The third kappa shape index (κ3) is 2.41. The van der Waals surface area contributed by atoms with E-state index in [1.54, 1.807) is 7.11 Å². The Labute approximate surface area is 108 Å². The van der Waals surface area contributed by atoms with Crippen molar-refractivity contribution in [2.45, 2.75) is 26.3 Å². The van der Waals surface area contributed by atoms with Gasteiger partial charge in [0.25, 0.3) is 0 Å². The summed E-state index contributed by atoms with van der Waals surface area (Å²) in [6.07, 6.45) is 0.873. The van der Waals surface area contributed by atoms with E-state index in [9.17, 15) is 0 Å². The molecule has 0 bridgehead atoms. The molecule has 0 saturated heterocycles. The second-order valence-electron chi connectivity index (χ2n) is 4.38. The Morgan fingerprint density at radius 3 is 2.67 bits per heavy atom. The van der Waals surface area contributed by atoms with Gasteiger partial charge in [-0.15, -0.1) is 0 Å². The Morgan fingerprint density at radius 1 is 1.28 bits per heavy atom. The first-order valence-corrected chi connectivity index (χ1v) is 6.14. The van der Waals surface area contributed by atoms with Gasteiger partial charge >= 0.3 is 0 Å². The van der Waals surface area contributed by atoms with Gasteiger partial charge < -0.3 is 14.9 Å². The first-order valence-electron chi connectivity index (χ1n) is 6.14. The van der Waals surface area contributed by atoms with Gasteiger partial charge in [0.15, 0.2) is 0 Å². The van der Waals surface area contributed by atoms with Crippen LogP contribution in [0.1, 0.15) is 35.6 Å². The Kier molecular flexibility index (Phi) is 3.72. The van der Waals surface area contributed by atoms with E-state index < -0.39 is 0 Å². The molecule has 1 aromatic heterocycles. The minimum Gasteiger partial charge on any atom is -0.496 e. The van der Waals surface area contributed by atoms with E-state index in [1.165, 1.54) is 0 Å². The normalized spacial score (nSPS) is 12.4. The molecule has 0 amide bonds. The van der Waals surface area contributed by atoms with Crippen molar-refractivity contribution < 1.29 is 9.15 Å². The number of ether oxygens (including phenoxy) is 1. The summed E-state index contributed by atoms with van der Waals surface area (Å²) < 4.78 is 11.1. The molecule has 18 heavy (non-hydrogen) atoms. The molecular weight excluding hydrogens is 226 g/mol. The van der Waals surface area contributed by atoms with Crippen LogP contribution in [-0.4, -0.2) is 7.11 Å². The Hall–Kier alpha value is -1.74. The van der Waals surface area contributed by atoms with Crippen LogP contribution in [0.25, 0.3) is 0 Å². The SMILES string of the molecule is CCc1ccc(C(N)c2cc(C)ccc2OC)o1. The maximum Gasteiger partial charge on any atom is 0.125 e. The van der Waals surface area contributed by atoms with E-state index in [-0.39, 0.29) is 6.04 Å². The summed E-state index contributed by atoms with van der Waals surface area (Å²) >= 11 is 0. The van der Waals surface area contributed by atoms with Gasteiger partial charge in [-0.3, -0.25) is 0 Å². The Morgan fingerprint density at radius 2 is 2.06 bits per heavy atom. The van der Waals surface area contributed by atoms with Gasteiger partial charge in [0, 0.05) is 12.0 Å². The maximum absolute atomic E-state index is 6.26. The number of hydrogen-bond donors (Lipinski definition) is 1. The molecule has 0 saturated carbocycles. The van der Waals surface area contributed by atoms with E-state index in [1.807, 2.05) is 37.3 Å². The average Bonchev–Trinajstić information content (AvgIpc) is 2.86. The van der Waals surface area contributed by atoms with Crippen LogP contribution < -0.4 is 10.5 Å². The van der Waals surface area contributed by atoms with Gasteiger partial charge in [0.1, 0.15) is 17.3 Å². The number of furan rings is 1. The topological polar surface area (TPSA) is 48.4 Å². The number of aryl methyl sites for hydroxylation is 2. The molecule has 1 atom stereocenters. The van der Waals surface area contributed by atoms with Crippen LogP contribution in [0.2, 0.25) is 0 Å². The first-order chi connectivity index (χ1) is 8.65. The van der Waals surface area contributed by atoms with Crippen molar-refractivity contribution >= 4 is 0 Å². The molecule has 0 aliphatic carbocycles. The number of hydrogen-bond acceptors (Lipinski definition) is 3. The van der Waals surface area contributed by atoms with Crippen LogP contribution >= 0.6 is 0 Å². The molecule has 3 nitrogen and oxygen atoms in total. The number of rotatable bonds is 4. The number of nitrogens with two attached hydrogens (primary N) is 1. The molecule has 0 aliphatic heterocycles. The van der Waals surface area contributed by atoms with Gasteiger partial charge in [-0.05, 0) is 25.1 Å². The van der Waals surface area contributed by atoms with Crippen LogP contribution in [0.3, 0.4) is 0 Å². The van der Waals surface area contributed by atoms with Crippen molar-refractivity contribution in [3.63, 3.8) is 0 Å². The number of benzene rings is 1. The van der Waals surface area contributed by atoms with Gasteiger partial charge in [0.2, 0.25) is 0 Å². The van der Waals surface area contributed by atoms with Crippen LogP contribution in [0.15, 0.2) is 34.7 Å². The molecule has 0 fully saturated rings. The largest absolute Gasteiger partial charge is 0.496 e. The van der Waals surface area contributed by atoms with Crippen LogP contribution in [-0.2, 0) is 6.42 Å². The van der Waals surface area contributed by atoms with Crippen molar-refractivity contribution in [3.05, 3.63) is 53.0 Å². The monoisotopic (exact) mass is 245 g/mol. The second-order valence-corrected chi connectivity index (χ2v) is 4.38. The van der Waals surface area contributed by atoms with Crippen molar-refractivity contribution in [2.24, 2.45) is 5.73 Å². The summed E-state index contributed by atoms with van der Waals surface area (Å²) in [5.74, 6) is 2.52. The van der Waals surface area contributed by atoms with Crippen LogP contribution in [0.5, 0.6) is 5.75 Å². The summed E-state index contributed by atoms with van der Waals surface area (Å²) in [5.41, 5.74) is 8.37. The highest BCUT2D eigenvalue weighted by Gasteiger charge is 2.17. The third-order valence-electron chi connectivity index (χ3n) is 3.06. The van der Waals surface area contributed by atoms with E-state index in [4.69, 9.17) is 14.9 Å². The summed E-state index contributed by atoms with van der Waals surface area (Å²) in [6, 6.07) is 9.60. The molecule has 0 spiro atoms. The summed E-state index contributed by atoms with van der Waals surface area (Å²) in [5, 5.41) is 0. The summed E-state index contributed by atoms with van der Waals surface area (Å²) in [7, 11) is 1.65. The highest BCUT2D eigenvalue weighted by molar-refractivity contribution is 5.42. The predicted octanol–water partition coefficient (Wildman–Crippen LogP) is 3.21. The number of methoxy groups -OCH3 is 1. The lowest BCUT2D eigenvalue weighted by Gasteiger charge is -2.14. The molecule has 1 aromatic carbocycles. The summed E-state index contributed by atoms with van der Waals surface area (Å²) in [6.45, 7) is 4.09. The van der Waals surface area contributed by atoms with Gasteiger partial charge in [0.05, 0.1) is 13.2 Å². The van der Waals surface area contributed by atoms with Crippen LogP contribution in [0.4, 0.5) is 0 Å². The smallest absolute Gasteiger partial charge is 0.125 e. The molecule has 2 rings (SSSR count). The maximum atomic E-state index is 6.26. The lowest BCUT2D eigenvalue weighted by molar-refractivity contribution is 0.400. The minimum absolute atomic E-state index is 0.292. The minimum atomic E-state index is -0.292. The molecule has 96 valence electrons. The highest BCUT2D eigenvalue weighted by Crippen LogP contribution is 2.30. The molecule has 3 heteroatoms. The molecule has 2 aromatic rings. The standard InChI is InChI=1S/C15H19NO2/c1-4-11-6-8-14(18-11)15(16)12-9-10(2)5-7-13(12)17-3/h5-9,15H,4,16H2,1-3H3. The molecule has 1 unspecified atom stereocenters. The molecular formula is C15H19NO2. The van der Waals surface area contributed by atoms with E-state index in [0.29, 0.717) is 0 Å². The van der Waals surface area contributed by atoms with Gasteiger partial charge in [-0.25, -0.2) is 0 Å². The van der Waals surface area contributed by atoms with Crippen LogP contribution in [0, 0.1) is 6.92 Å². The fourth-order valence-electron chi connectivity index (χ4n) is 2.00. The lowest BCUT2D eigenvalue weighted by Crippen LogP contribution is -2.12. The Balaban J connectivity index is 2.38. The first kappa shape index (κ1) is 12.7. The van der Waals surface area contributed by atoms with Gasteiger partial charge in [-0.1, -0.05) is 24.6 Å². The lowest BCUT2D eigenvalue weighted by atomic mass is 10.0. The van der Waals surface area contributed by atoms with Crippen molar-refractivity contribution in [1.82, 2.24) is 0 Å². The fraction of sp³-hybridized carbons (Fsp3) is 0.333. The van der Waals surface area contributed by atoms with Crippen molar-refractivity contribution in [2.75, 3.05) is 7.11 Å². The fourth-order valence-corrected chi connectivity index (χ4v) is 2.00. The van der Waals surface area contributed by atoms with Gasteiger partial charge in [-0.2, -0.15) is 0 Å². The molecule has 1 heterocycles. The second kappa shape index (κ2) is 5.27. The van der Waals surface area contributed by atoms with Crippen molar-refractivity contribution in [3.8, 4) is 5.75 Å². The van der Waals surface area contributed by atoms with E-state index >= 15 is 0 Å². The van der Waals surface area contributed by atoms with Crippen molar-refractivity contribution in [1.29, 1.82) is 0 Å². The molecule has 0 radical (unpaired) electrons. The Bertz CT molecular complexity index is 531. The van der Waals surface area contributed by atoms with E-state index in [0.717, 1.165) is 34.8 Å². The third-order valence-corrected chi connectivity index (χ3v) is 3.06. The molecule has 0 aliphatic rings. The highest BCUT2D eigenvalue weighted by atomic mass is 16.5. The average molecular weight is 245 g/mol. The summed E-state index contributed by atoms with van der Waals surface area (Å²) in [4.78, 5) is 0. The molecule has 2 N–H and O–H groups in total. The zero-order valence-corrected chi connectivity index (χ0v) is 11.1. The zero-order valence-electron chi connectivity index (χ0n) is 11.1. The zero-order chi connectivity index (χ0) is 13.1. The predicted molar refractivity (Wildman–Crippen MR) is 71.8 cm³/mol. The van der Waals surface area contributed by atoms with E-state index in [2.05, 4.69) is 6.92 Å².